The van der Waals surface area contributed by atoms with E-state index in [9.17, 15) is 4.79 Å². The van der Waals surface area contributed by atoms with Crippen LogP contribution in [0.2, 0.25) is 0 Å². The van der Waals surface area contributed by atoms with Crippen LogP contribution in [0.1, 0.15) is 33.1 Å². The summed E-state index contributed by atoms with van der Waals surface area (Å²) >= 11 is 0. The Hall–Kier alpha value is -0.630. The van der Waals surface area contributed by atoms with Crippen LogP contribution < -0.4 is 0 Å². The molecule has 0 heterocycles. The van der Waals surface area contributed by atoms with Gasteiger partial charge in [-0.05, 0) is 12.5 Å². The molecule has 0 aromatic carbocycles. The topological polar surface area (TPSA) is 26.3 Å². The third-order valence-corrected chi connectivity index (χ3v) is 2.22. The highest BCUT2D eigenvalue weighted by Gasteiger charge is 2.12. The van der Waals surface area contributed by atoms with Crippen molar-refractivity contribution in [1.82, 2.24) is 0 Å². The molecular formula is C11H20O2. The molecule has 0 aliphatic heterocycles. The van der Waals surface area contributed by atoms with E-state index in [-0.39, 0.29) is 6.10 Å². The summed E-state index contributed by atoms with van der Waals surface area (Å²) in [6.07, 6.45) is 7.93. The van der Waals surface area contributed by atoms with Crippen molar-refractivity contribution in [3.05, 3.63) is 12.2 Å². The number of methoxy groups -OCH3 is 1. The predicted molar refractivity (Wildman–Crippen MR) is 54.7 cm³/mol. The van der Waals surface area contributed by atoms with Crippen LogP contribution in [0.15, 0.2) is 12.2 Å². The average molecular weight is 184 g/mol. The normalized spacial score (nSPS) is 15.9. The van der Waals surface area contributed by atoms with Gasteiger partial charge in [0.25, 0.3) is 0 Å². The number of hydrogen-bond donors (Lipinski definition) is 0. The van der Waals surface area contributed by atoms with Gasteiger partial charge in [-0.25, -0.2) is 0 Å². The zero-order valence-electron chi connectivity index (χ0n) is 8.82. The first kappa shape index (κ1) is 12.4. The van der Waals surface area contributed by atoms with Crippen molar-refractivity contribution < 1.29 is 9.53 Å². The summed E-state index contributed by atoms with van der Waals surface area (Å²) in [5, 5.41) is 0. The van der Waals surface area contributed by atoms with E-state index in [4.69, 9.17) is 4.74 Å². The molecule has 0 amide bonds. The summed E-state index contributed by atoms with van der Waals surface area (Å²) in [4.78, 5) is 10.1. The van der Waals surface area contributed by atoms with Gasteiger partial charge in [-0.15, -0.1) is 0 Å². The number of hydrogen-bond acceptors (Lipinski definition) is 2. The van der Waals surface area contributed by atoms with Crippen LogP contribution in [-0.4, -0.2) is 19.5 Å². The van der Waals surface area contributed by atoms with Gasteiger partial charge < -0.3 is 4.74 Å². The van der Waals surface area contributed by atoms with Crippen LogP contribution in [0, 0.1) is 5.92 Å². The van der Waals surface area contributed by atoms with Gasteiger partial charge in [0, 0.05) is 13.0 Å². The minimum absolute atomic E-state index is 0.246. The molecule has 76 valence electrons. The van der Waals surface area contributed by atoms with Crippen molar-refractivity contribution in [2.24, 2.45) is 5.92 Å². The fourth-order valence-corrected chi connectivity index (χ4v) is 1.35. The number of aldehydes is 1. The fraction of sp³-hybridized carbons (Fsp3) is 0.727. The fourth-order valence-electron chi connectivity index (χ4n) is 1.35. The van der Waals surface area contributed by atoms with Gasteiger partial charge in [0.05, 0.1) is 6.10 Å². The largest absolute Gasteiger partial charge is 0.381 e. The van der Waals surface area contributed by atoms with E-state index in [0.29, 0.717) is 5.92 Å². The van der Waals surface area contributed by atoms with Crippen LogP contribution >= 0.6 is 0 Å². The molecule has 0 rings (SSSR count). The molecule has 0 radical (unpaired) electrons. The SMILES string of the molecule is CCCCC(OC)C(C)/C=C/C=O. The van der Waals surface area contributed by atoms with Gasteiger partial charge in [0.1, 0.15) is 6.29 Å². The summed E-state index contributed by atoms with van der Waals surface area (Å²) in [6, 6.07) is 0. The molecule has 2 nitrogen and oxygen atoms in total. The Morgan fingerprint density at radius 2 is 2.15 bits per heavy atom. The molecule has 0 N–H and O–H groups in total. The summed E-state index contributed by atoms with van der Waals surface area (Å²) in [6.45, 7) is 4.24. The predicted octanol–water partition coefficient (Wildman–Crippen LogP) is 2.58. The molecule has 0 spiro atoms. The second-order valence-electron chi connectivity index (χ2n) is 3.30. The molecule has 0 bridgehead atoms. The third-order valence-electron chi connectivity index (χ3n) is 2.22. The molecule has 2 heteroatoms. The standard InChI is InChI=1S/C11H20O2/c1-4-5-8-11(13-3)10(2)7-6-9-12/h6-7,9-11H,4-5,8H2,1-3H3/b7-6+. The van der Waals surface area contributed by atoms with Gasteiger partial charge in [0.2, 0.25) is 0 Å². The Kier molecular flexibility index (Phi) is 7.60. The van der Waals surface area contributed by atoms with E-state index >= 15 is 0 Å². The highest BCUT2D eigenvalue weighted by atomic mass is 16.5. The number of carbonyl (C=O) groups excluding carboxylic acids is 1. The Bertz CT molecular complexity index is 152. The third kappa shape index (κ3) is 5.58. The monoisotopic (exact) mass is 184 g/mol. The average Bonchev–Trinajstić information content (AvgIpc) is 2.16. The lowest BCUT2D eigenvalue weighted by molar-refractivity contribution is -0.104. The van der Waals surface area contributed by atoms with Crippen molar-refractivity contribution in [2.75, 3.05) is 7.11 Å². The van der Waals surface area contributed by atoms with Gasteiger partial charge in [-0.1, -0.05) is 32.8 Å². The van der Waals surface area contributed by atoms with Gasteiger partial charge in [0.15, 0.2) is 0 Å². The van der Waals surface area contributed by atoms with E-state index in [1.165, 1.54) is 12.8 Å². The molecular weight excluding hydrogens is 164 g/mol. The lowest BCUT2D eigenvalue weighted by Gasteiger charge is -2.19. The minimum Gasteiger partial charge on any atom is -0.381 e. The maximum Gasteiger partial charge on any atom is 0.142 e. The van der Waals surface area contributed by atoms with Gasteiger partial charge in [-0.2, -0.15) is 0 Å². The first-order chi connectivity index (χ1) is 6.26. The highest BCUT2D eigenvalue weighted by molar-refractivity contribution is 5.64. The smallest absolute Gasteiger partial charge is 0.142 e. The Morgan fingerprint density at radius 3 is 2.62 bits per heavy atom. The number of unbranched alkanes of at least 4 members (excludes halogenated alkanes) is 1. The minimum atomic E-state index is 0.246. The summed E-state index contributed by atoms with van der Waals surface area (Å²) in [5.41, 5.74) is 0. The van der Waals surface area contributed by atoms with Crippen LogP contribution in [0.4, 0.5) is 0 Å². The molecule has 0 aliphatic rings. The highest BCUT2D eigenvalue weighted by Crippen LogP contribution is 2.14. The number of allylic oxidation sites excluding steroid dienone is 1. The zero-order valence-corrected chi connectivity index (χ0v) is 8.82. The first-order valence-corrected chi connectivity index (χ1v) is 4.91. The summed E-state index contributed by atoms with van der Waals surface area (Å²) in [5.74, 6) is 0.321. The quantitative estimate of drug-likeness (QED) is 0.449. The zero-order chi connectivity index (χ0) is 10.1. The van der Waals surface area contributed by atoms with Crippen molar-refractivity contribution >= 4 is 6.29 Å². The molecule has 2 unspecified atom stereocenters. The lowest BCUT2D eigenvalue weighted by Crippen LogP contribution is -2.18. The Balaban J connectivity index is 3.90. The molecule has 13 heavy (non-hydrogen) atoms. The van der Waals surface area contributed by atoms with E-state index in [2.05, 4.69) is 13.8 Å². The molecule has 0 saturated heterocycles. The van der Waals surface area contributed by atoms with E-state index in [1.54, 1.807) is 13.2 Å². The molecule has 0 fully saturated rings. The lowest BCUT2D eigenvalue weighted by atomic mass is 9.99. The molecule has 0 aromatic rings. The Morgan fingerprint density at radius 1 is 1.46 bits per heavy atom. The van der Waals surface area contributed by atoms with Crippen LogP contribution in [0.5, 0.6) is 0 Å². The maximum absolute atomic E-state index is 10.1. The number of carbonyl (C=O) groups is 1. The molecule has 0 aliphatic carbocycles. The van der Waals surface area contributed by atoms with Gasteiger partial charge >= 0.3 is 0 Å². The Labute approximate surface area is 81.0 Å². The summed E-state index contributed by atoms with van der Waals surface area (Å²) in [7, 11) is 1.73. The second-order valence-corrected chi connectivity index (χ2v) is 3.30. The van der Waals surface area contributed by atoms with E-state index < -0.39 is 0 Å². The molecule has 2 atom stereocenters. The van der Waals surface area contributed by atoms with Crippen LogP contribution in [-0.2, 0) is 9.53 Å². The van der Waals surface area contributed by atoms with Gasteiger partial charge in [-0.3, -0.25) is 4.79 Å². The number of rotatable bonds is 7. The van der Waals surface area contributed by atoms with Crippen molar-refractivity contribution in [3.63, 3.8) is 0 Å². The molecule has 0 saturated carbocycles. The van der Waals surface area contributed by atoms with Crippen molar-refractivity contribution in [1.29, 1.82) is 0 Å². The first-order valence-electron chi connectivity index (χ1n) is 4.91. The van der Waals surface area contributed by atoms with E-state index in [1.807, 2.05) is 6.08 Å². The second kappa shape index (κ2) is 7.99. The maximum atomic E-state index is 10.1. The van der Waals surface area contributed by atoms with Crippen LogP contribution in [0.25, 0.3) is 0 Å². The van der Waals surface area contributed by atoms with Crippen molar-refractivity contribution in [3.8, 4) is 0 Å². The molecule has 0 aromatic heterocycles. The number of ether oxygens (including phenoxy) is 1. The van der Waals surface area contributed by atoms with E-state index in [0.717, 1.165) is 12.7 Å². The van der Waals surface area contributed by atoms with Crippen LogP contribution in [0.3, 0.4) is 0 Å². The summed E-state index contributed by atoms with van der Waals surface area (Å²) < 4.78 is 5.34. The van der Waals surface area contributed by atoms with Crippen molar-refractivity contribution in [2.45, 2.75) is 39.2 Å².